The van der Waals surface area contributed by atoms with Crippen LogP contribution in [0.4, 0.5) is 0 Å². The fourth-order valence-corrected chi connectivity index (χ4v) is 4.63. The van der Waals surface area contributed by atoms with Crippen LogP contribution < -0.4 is 5.69 Å². The Hall–Kier alpha value is -2.13. The number of aromatic nitrogens is 2. The predicted molar refractivity (Wildman–Crippen MR) is 82.6 cm³/mol. The second-order valence-electron chi connectivity index (χ2n) is 5.98. The number of piperidine rings is 1. The summed E-state index contributed by atoms with van der Waals surface area (Å²) in [7, 11) is -3.81. The van der Waals surface area contributed by atoms with Crippen molar-refractivity contribution in [3.8, 4) is 0 Å². The maximum atomic E-state index is 12.8. The number of aliphatic carboxylic acids is 1. The molecule has 0 bridgehead atoms. The molecule has 1 aliphatic heterocycles. The van der Waals surface area contributed by atoms with Crippen LogP contribution in [0, 0.1) is 11.8 Å². The molecule has 2 unspecified atom stereocenters. The highest BCUT2D eigenvalue weighted by atomic mass is 32.2. The van der Waals surface area contributed by atoms with Gasteiger partial charge in [0, 0.05) is 13.1 Å². The number of imidazole rings is 1. The Morgan fingerprint density at radius 2 is 1.96 bits per heavy atom. The third-order valence-electron chi connectivity index (χ3n) is 4.10. The average molecular weight is 339 g/mol. The van der Waals surface area contributed by atoms with Crippen LogP contribution in [-0.2, 0) is 14.8 Å². The number of hydrogen-bond acceptors (Lipinski definition) is 4. The Bertz CT molecular complexity index is 914. The molecule has 0 spiro atoms. The zero-order valence-electron chi connectivity index (χ0n) is 12.4. The van der Waals surface area contributed by atoms with E-state index in [1.54, 1.807) is 0 Å². The summed E-state index contributed by atoms with van der Waals surface area (Å²) >= 11 is 0. The lowest BCUT2D eigenvalue weighted by molar-refractivity contribution is -0.143. The first-order chi connectivity index (χ1) is 10.8. The molecule has 0 radical (unpaired) electrons. The standard InChI is InChI=1S/C14H17N3O5S/c1-8-4-9(13(18)19)7-17(6-8)23(21,22)10-2-3-11-12(5-10)16-14(20)15-11/h2-3,5,8-9H,4,6-7H2,1H3,(H,18,19)(H2,15,16,20). The maximum Gasteiger partial charge on any atom is 0.323 e. The summed E-state index contributed by atoms with van der Waals surface area (Å²) < 4.78 is 26.8. The van der Waals surface area contributed by atoms with E-state index in [0.29, 0.717) is 17.5 Å². The highest BCUT2D eigenvalue weighted by Gasteiger charge is 2.36. The van der Waals surface area contributed by atoms with Gasteiger partial charge in [0.25, 0.3) is 0 Å². The van der Waals surface area contributed by atoms with Crippen molar-refractivity contribution in [3.63, 3.8) is 0 Å². The number of carbonyl (C=O) groups is 1. The summed E-state index contributed by atoms with van der Waals surface area (Å²) in [5.74, 6) is -1.72. The summed E-state index contributed by atoms with van der Waals surface area (Å²) in [4.78, 5) is 27.6. The number of rotatable bonds is 3. The fourth-order valence-electron chi connectivity index (χ4n) is 3.00. The summed E-state index contributed by atoms with van der Waals surface area (Å²) in [6, 6.07) is 4.32. The van der Waals surface area contributed by atoms with E-state index in [1.807, 2.05) is 6.92 Å². The van der Waals surface area contributed by atoms with Crippen molar-refractivity contribution in [2.45, 2.75) is 18.2 Å². The molecule has 3 rings (SSSR count). The Kier molecular flexibility index (Phi) is 3.77. The number of sulfonamides is 1. The molecule has 1 aliphatic rings. The van der Waals surface area contributed by atoms with Gasteiger partial charge in [0.05, 0.1) is 21.8 Å². The third-order valence-corrected chi connectivity index (χ3v) is 5.93. The monoisotopic (exact) mass is 339 g/mol. The van der Waals surface area contributed by atoms with Crippen molar-refractivity contribution in [3.05, 3.63) is 28.7 Å². The molecule has 1 aromatic carbocycles. The van der Waals surface area contributed by atoms with Crippen LogP contribution >= 0.6 is 0 Å². The molecular formula is C14H17N3O5S. The van der Waals surface area contributed by atoms with Crippen LogP contribution in [0.15, 0.2) is 27.9 Å². The minimum atomic E-state index is -3.81. The molecule has 23 heavy (non-hydrogen) atoms. The van der Waals surface area contributed by atoms with Crippen LogP contribution in [0.5, 0.6) is 0 Å². The zero-order chi connectivity index (χ0) is 16.8. The molecule has 2 aromatic rings. The van der Waals surface area contributed by atoms with Crippen molar-refractivity contribution in [2.24, 2.45) is 11.8 Å². The van der Waals surface area contributed by atoms with Crippen molar-refractivity contribution < 1.29 is 18.3 Å². The topological polar surface area (TPSA) is 123 Å². The van der Waals surface area contributed by atoms with E-state index >= 15 is 0 Å². The van der Waals surface area contributed by atoms with Gasteiger partial charge in [0.1, 0.15) is 0 Å². The minimum absolute atomic E-state index is 0.0320. The lowest BCUT2D eigenvalue weighted by atomic mass is 9.92. The van der Waals surface area contributed by atoms with Gasteiger partial charge >= 0.3 is 11.7 Å². The molecule has 0 amide bonds. The Morgan fingerprint density at radius 1 is 1.26 bits per heavy atom. The number of benzene rings is 1. The highest BCUT2D eigenvalue weighted by molar-refractivity contribution is 7.89. The number of carboxylic acid groups (broad SMARTS) is 1. The number of H-pyrrole nitrogens is 2. The summed E-state index contributed by atoms with van der Waals surface area (Å²) in [6.07, 6.45) is 0.464. The molecule has 9 heteroatoms. The molecule has 0 saturated carbocycles. The van der Waals surface area contributed by atoms with Gasteiger partial charge in [-0.15, -0.1) is 0 Å². The quantitative estimate of drug-likeness (QED) is 0.755. The Balaban J connectivity index is 1.98. The average Bonchev–Trinajstić information content (AvgIpc) is 2.85. The van der Waals surface area contributed by atoms with Gasteiger partial charge < -0.3 is 15.1 Å². The first-order valence-electron chi connectivity index (χ1n) is 7.22. The zero-order valence-corrected chi connectivity index (χ0v) is 13.3. The molecule has 2 atom stereocenters. The fraction of sp³-hybridized carbons (Fsp3) is 0.429. The molecule has 1 saturated heterocycles. The number of hydrogen-bond donors (Lipinski definition) is 3. The van der Waals surface area contributed by atoms with Crippen molar-refractivity contribution in [1.82, 2.24) is 14.3 Å². The predicted octanol–water partition coefficient (Wildman–Crippen LogP) is 0.588. The van der Waals surface area contributed by atoms with E-state index in [9.17, 15) is 23.1 Å². The molecule has 2 heterocycles. The lowest BCUT2D eigenvalue weighted by Gasteiger charge is -2.33. The van der Waals surface area contributed by atoms with Gasteiger partial charge in [0.15, 0.2) is 0 Å². The smallest absolute Gasteiger partial charge is 0.323 e. The highest BCUT2D eigenvalue weighted by Crippen LogP contribution is 2.28. The van der Waals surface area contributed by atoms with E-state index in [2.05, 4.69) is 9.97 Å². The molecule has 1 fully saturated rings. The van der Waals surface area contributed by atoms with Gasteiger partial charge in [-0.2, -0.15) is 4.31 Å². The van der Waals surface area contributed by atoms with Crippen LogP contribution in [0.3, 0.4) is 0 Å². The normalized spacial score (nSPS) is 23.2. The molecule has 1 aromatic heterocycles. The molecule has 124 valence electrons. The number of aromatic amines is 2. The molecule has 3 N–H and O–H groups in total. The van der Waals surface area contributed by atoms with Crippen LogP contribution in [-0.4, -0.2) is 46.9 Å². The number of fused-ring (bicyclic) bond motifs is 1. The van der Waals surface area contributed by atoms with E-state index in [4.69, 9.17) is 0 Å². The number of nitrogens with zero attached hydrogens (tertiary/aromatic N) is 1. The van der Waals surface area contributed by atoms with E-state index < -0.39 is 27.6 Å². The van der Waals surface area contributed by atoms with Gasteiger partial charge in [-0.05, 0) is 30.5 Å². The Morgan fingerprint density at radius 3 is 2.65 bits per heavy atom. The van der Waals surface area contributed by atoms with E-state index in [0.717, 1.165) is 0 Å². The van der Waals surface area contributed by atoms with Crippen LogP contribution in [0.25, 0.3) is 11.0 Å². The van der Waals surface area contributed by atoms with Gasteiger partial charge in [-0.1, -0.05) is 6.92 Å². The van der Waals surface area contributed by atoms with E-state index in [-0.39, 0.29) is 23.9 Å². The molecule has 8 nitrogen and oxygen atoms in total. The Labute approximate surface area is 132 Å². The van der Waals surface area contributed by atoms with Crippen molar-refractivity contribution in [2.75, 3.05) is 13.1 Å². The number of nitrogens with one attached hydrogen (secondary N) is 2. The second kappa shape index (κ2) is 5.50. The third kappa shape index (κ3) is 2.89. The maximum absolute atomic E-state index is 12.8. The van der Waals surface area contributed by atoms with Gasteiger partial charge in [0.2, 0.25) is 10.0 Å². The number of carboxylic acids is 1. The summed E-state index contributed by atoms with van der Waals surface area (Å²) in [5.41, 5.74) is 0.507. The first-order valence-corrected chi connectivity index (χ1v) is 8.66. The van der Waals surface area contributed by atoms with Crippen molar-refractivity contribution in [1.29, 1.82) is 0 Å². The first kappa shape index (κ1) is 15.8. The van der Waals surface area contributed by atoms with Crippen molar-refractivity contribution >= 4 is 27.0 Å². The summed E-state index contributed by atoms with van der Waals surface area (Å²) in [6.45, 7) is 2.09. The van der Waals surface area contributed by atoms with Gasteiger partial charge in [-0.25, -0.2) is 13.2 Å². The van der Waals surface area contributed by atoms with Gasteiger partial charge in [-0.3, -0.25) is 4.79 Å². The largest absolute Gasteiger partial charge is 0.481 e. The minimum Gasteiger partial charge on any atom is -0.481 e. The van der Waals surface area contributed by atoms with Crippen LogP contribution in [0.1, 0.15) is 13.3 Å². The second-order valence-corrected chi connectivity index (χ2v) is 7.92. The van der Waals surface area contributed by atoms with Crippen LogP contribution in [0.2, 0.25) is 0 Å². The molecular weight excluding hydrogens is 322 g/mol. The lowest BCUT2D eigenvalue weighted by Crippen LogP contribution is -2.45. The van der Waals surface area contributed by atoms with E-state index in [1.165, 1.54) is 22.5 Å². The molecule has 0 aliphatic carbocycles. The summed E-state index contributed by atoms with van der Waals surface area (Å²) in [5, 5.41) is 9.19. The SMILES string of the molecule is CC1CC(C(=O)O)CN(S(=O)(=O)c2ccc3[nH]c(=O)[nH]c3c2)C1.